The van der Waals surface area contributed by atoms with Crippen molar-refractivity contribution in [1.29, 1.82) is 0 Å². The molecule has 10 nitrogen and oxygen atoms in total. The van der Waals surface area contributed by atoms with E-state index in [0.717, 1.165) is 39.6 Å². The molecule has 43 heavy (non-hydrogen) atoms. The highest BCUT2D eigenvalue weighted by Crippen LogP contribution is 2.34. The van der Waals surface area contributed by atoms with Crippen LogP contribution in [0.2, 0.25) is 10.0 Å². The van der Waals surface area contributed by atoms with E-state index in [1.807, 2.05) is 44.6 Å². The molecule has 1 N–H and O–H groups in total. The summed E-state index contributed by atoms with van der Waals surface area (Å²) in [4.78, 5) is 14.9. The number of sulfonamides is 1. The monoisotopic (exact) mass is 646 g/mol. The van der Waals surface area contributed by atoms with E-state index < -0.39 is 28.1 Å². The molecule has 0 radical (unpaired) electrons. The Bertz CT molecular complexity index is 1730. The molecule has 2 aromatic carbocycles. The van der Waals surface area contributed by atoms with E-state index in [1.54, 1.807) is 39.0 Å². The SMILES string of the molecule is Cc1c(C)n(-c2ccc(NCCN(C)C)nn2)c2ccc(N(CC(=O)OC(C)(C)C)S(=O)(=O)c3cc(Cl)cc(Cl)c3)cc12. The molecule has 0 unspecified atom stereocenters. The number of carbonyl (C=O) groups excluding carboxylic acids is 1. The molecule has 2 aromatic heterocycles. The van der Waals surface area contributed by atoms with E-state index in [1.165, 1.54) is 18.2 Å². The molecule has 0 amide bonds. The van der Waals surface area contributed by atoms with Crippen molar-refractivity contribution in [2.75, 3.05) is 43.4 Å². The molecule has 0 aliphatic carbocycles. The van der Waals surface area contributed by atoms with Crippen LogP contribution >= 0.6 is 23.2 Å². The van der Waals surface area contributed by atoms with E-state index in [2.05, 4.69) is 20.4 Å². The summed E-state index contributed by atoms with van der Waals surface area (Å²) in [6.45, 7) is 10.1. The number of halogens is 2. The van der Waals surface area contributed by atoms with Crippen molar-refractivity contribution in [1.82, 2.24) is 19.7 Å². The van der Waals surface area contributed by atoms with Gasteiger partial charge in [-0.05, 0) is 103 Å². The average Bonchev–Trinajstić information content (AvgIpc) is 3.15. The number of aromatic nitrogens is 3. The van der Waals surface area contributed by atoms with Crippen molar-refractivity contribution in [3.05, 3.63) is 69.8 Å². The van der Waals surface area contributed by atoms with E-state index in [4.69, 9.17) is 27.9 Å². The maximum absolute atomic E-state index is 14.0. The minimum Gasteiger partial charge on any atom is -0.459 e. The van der Waals surface area contributed by atoms with Crippen LogP contribution in [0, 0.1) is 13.8 Å². The normalized spacial score (nSPS) is 12.1. The number of nitrogens with zero attached hydrogens (tertiary/aromatic N) is 5. The molecule has 2 heterocycles. The molecule has 0 aliphatic heterocycles. The Kier molecular flexibility index (Phi) is 9.60. The van der Waals surface area contributed by atoms with Crippen molar-refractivity contribution >= 4 is 61.6 Å². The first-order chi connectivity index (χ1) is 20.1. The summed E-state index contributed by atoms with van der Waals surface area (Å²) in [7, 11) is -0.274. The van der Waals surface area contributed by atoms with Crippen molar-refractivity contribution in [3.63, 3.8) is 0 Å². The lowest BCUT2D eigenvalue weighted by Crippen LogP contribution is -2.39. The van der Waals surface area contributed by atoms with Gasteiger partial charge in [-0.25, -0.2) is 8.42 Å². The van der Waals surface area contributed by atoms with Gasteiger partial charge in [0, 0.05) is 34.2 Å². The molecule has 0 atom stereocenters. The number of likely N-dealkylation sites (N-methyl/N-ethyl adjacent to an activating group) is 1. The standard InChI is InChI=1S/C30H36Cl2N6O4S/c1-19-20(2)38(28-11-10-27(34-35-28)33-12-13-36(6)7)26-9-8-23(17-25(19)26)37(18-29(39)42-30(3,4)5)43(40,41)24-15-21(31)14-22(32)16-24/h8-11,14-17H,12-13,18H2,1-7H3,(H,33,34). The fourth-order valence-electron chi connectivity index (χ4n) is 4.57. The second kappa shape index (κ2) is 12.7. The zero-order chi connectivity index (χ0) is 31.7. The van der Waals surface area contributed by atoms with Crippen molar-refractivity contribution in [3.8, 4) is 5.82 Å². The van der Waals surface area contributed by atoms with Crippen molar-refractivity contribution < 1.29 is 17.9 Å². The van der Waals surface area contributed by atoms with Crippen LogP contribution in [0.3, 0.4) is 0 Å². The summed E-state index contributed by atoms with van der Waals surface area (Å²) >= 11 is 12.3. The van der Waals surface area contributed by atoms with Gasteiger partial charge >= 0.3 is 5.97 Å². The molecule has 230 valence electrons. The molecule has 13 heteroatoms. The Morgan fingerprint density at radius 2 is 1.67 bits per heavy atom. The summed E-state index contributed by atoms with van der Waals surface area (Å²) in [5, 5.41) is 13.1. The highest BCUT2D eigenvalue weighted by Gasteiger charge is 2.31. The van der Waals surface area contributed by atoms with Gasteiger partial charge in [0.2, 0.25) is 0 Å². The number of aryl methyl sites for hydroxylation is 1. The molecule has 4 aromatic rings. The number of benzene rings is 2. The number of esters is 1. The zero-order valence-corrected chi connectivity index (χ0v) is 27.6. The number of carbonyl (C=O) groups is 1. The first kappa shape index (κ1) is 32.5. The predicted molar refractivity (Wildman–Crippen MR) is 172 cm³/mol. The molecule has 0 spiro atoms. The van der Waals surface area contributed by atoms with E-state index in [0.29, 0.717) is 11.6 Å². The molecule has 0 aliphatic rings. The molecule has 0 fully saturated rings. The Hall–Kier alpha value is -3.38. The van der Waals surface area contributed by atoms with E-state index >= 15 is 0 Å². The maximum atomic E-state index is 14.0. The highest BCUT2D eigenvalue weighted by molar-refractivity contribution is 7.92. The Labute approximate surface area is 262 Å². The lowest BCUT2D eigenvalue weighted by atomic mass is 10.1. The van der Waals surface area contributed by atoms with Crippen LogP contribution in [0.15, 0.2) is 53.4 Å². The number of nitrogens with one attached hydrogen (secondary N) is 1. The third kappa shape index (κ3) is 7.59. The van der Waals surface area contributed by atoms with Gasteiger partial charge in [0.05, 0.1) is 16.1 Å². The number of ether oxygens (including phenoxy) is 1. The summed E-state index contributed by atoms with van der Waals surface area (Å²) < 4.78 is 36.4. The maximum Gasteiger partial charge on any atom is 0.327 e. The van der Waals surface area contributed by atoms with Gasteiger partial charge in [0.1, 0.15) is 18.0 Å². The van der Waals surface area contributed by atoms with Gasteiger partial charge in [-0.2, -0.15) is 0 Å². The van der Waals surface area contributed by atoms with Gasteiger partial charge in [-0.15, -0.1) is 10.2 Å². The minimum absolute atomic E-state index is 0.145. The molecular weight excluding hydrogens is 611 g/mol. The first-order valence-electron chi connectivity index (χ1n) is 13.6. The number of hydrogen-bond acceptors (Lipinski definition) is 8. The number of fused-ring (bicyclic) bond motifs is 1. The second-order valence-corrected chi connectivity index (χ2v) is 14.2. The quantitative estimate of drug-likeness (QED) is 0.214. The highest BCUT2D eigenvalue weighted by atomic mass is 35.5. The largest absolute Gasteiger partial charge is 0.459 e. The molecule has 4 rings (SSSR count). The van der Waals surface area contributed by atoms with Crippen molar-refractivity contribution in [2.24, 2.45) is 0 Å². The summed E-state index contributed by atoms with van der Waals surface area (Å²) in [5.74, 6) is 0.584. The number of rotatable bonds is 10. The molecule has 0 saturated carbocycles. The van der Waals surface area contributed by atoms with E-state index in [-0.39, 0.29) is 20.6 Å². The lowest BCUT2D eigenvalue weighted by Gasteiger charge is -2.26. The summed E-state index contributed by atoms with van der Waals surface area (Å²) in [5.41, 5.74) is 2.12. The third-order valence-corrected chi connectivity index (χ3v) is 8.84. The van der Waals surface area contributed by atoms with Crippen LogP contribution in [0.1, 0.15) is 32.0 Å². The van der Waals surface area contributed by atoms with Crippen molar-refractivity contribution in [2.45, 2.75) is 45.1 Å². The third-order valence-electron chi connectivity index (χ3n) is 6.65. The average molecular weight is 648 g/mol. The van der Waals surface area contributed by atoms with Gasteiger partial charge < -0.3 is 15.0 Å². The zero-order valence-electron chi connectivity index (χ0n) is 25.3. The fraction of sp³-hybridized carbons (Fsp3) is 0.367. The van der Waals surface area contributed by atoms with Gasteiger partial charge in [0.25, 0.3) is 10.0 Å². The number of hydrogen-bond donors (Lipinski definition) is 1. The van der Waals surface area contributed by atoms with Crippen LogP contribution < -0.4 is 9.62 Å². The topological polar surface area (TPSA) is 110 Å². The Morgan fingerprint density at radius 3 is 2.26 bits per heavy atom. The lowest BCUT2D eigenvalue weighted by molar-refractivity contribution is -0.152. The van der Waals surface area contributed by atoms with E-state index in [9.17, 15) is 13.2 Å². The fourth-order valence-corrected chi connectivity index (χ4v) is 6.70. The van der Waals surface area contributed by atoms with Crippen LogP contribution in [-0.2, 0) is 19.6 Å². The molecule has 0 saturated heterocycles. The number of anilines is 2. The summed E-state index contributed by atoms with van der Waals surface area (Å²) in [6.07, 6.45) is 0. The van der Waals surface area contributed by atoms with Gasteiger partial charge in [0.15, 0.2) is 5.82 Å². The molecule has 0 bridgehead atoms. The smallest absolute Gasteiger partial charge is 0.327 e. The predicted octanol–water partition coefficient (Wildman–Crippen LogP) is 5.85. The Balaban J connectivity index is 1.77. The first-order valence-corrected chi connectivity index (χ1v) is 15.8. The summed E-state index contributed by atoms with van der Waals surface area (Å²) in [6, 6.07) is 13.0. The second-order valence-electron chi connectivity index (χ2n) is 11.5. The van der Waals surface area contributed by atoms with Gasteiger partial charge in [-0.3, -0.25) is 13.7 Å². The van der Waals surface area contributed by atoms with Crippen LogP contribution in [0.5, 0.6) is 0 Å². The minimum atomic E-state index is -4.28. The van der Waals surface area contributed by atoms with Crippen LogP contribution in [0.25, 0.3) is 16.7 Å². The van der Waals surface area contributed by atoms with Crippen LogP contribution in [-0.4, -0.2) is 73.4 Å². The van der Waals surface area contributed by atoms with Gasteiger partial charge in [-0.1, -0.05) is 23.2 Å². The van der Waals surface area contributed by atoms with Crippen LogP contribution in [0.4, 0.5) is 11.5 Å². The Morgan fingerprint density at radius 1 is 1.00 bits per heavy atom. The molecular formula is C30H36Cl2N6O4S.